The van der Waals surface area contributed by atoms with E-state index in [1.54, 1.807) is 11.3 Å². The largest absolute Gasteiger partial charge is 0.410 e. The van der Waals surface area contributed by atoms with Crippen LogP contribution in [0.15, 0.2) is 17.3 Å². The average molecular weight is 218 g/mol. The van der Waals surface area contributed by atoms with Gasteiger partial charge in [0.2, 0.25) is 0 Å². The van der Waals surface area contributed by atoms with Crippen molar-refractivity contribution in [3.8, 4) is 0 Å². The predicted molar refractivity (Wildman–Crippen MR) is 57.2 cm³/mol. The van der Waals surface area contributed by atoms with Crippen LogP contribution in [0.2, 0.25) is 0 Å². The van der Waals surface area contributed by atoms with Crippen molar-refractivity contribution in [2.24, 2.45) is 5.16 Å². The molecule has 0 aliphatic carbocycles. The highest BCUT2D eigenvalue weighted by Crippen LogP contribution is 2.30. The minimum absolute atomic E-state index is 0.121. The summed E-state index contributed by atoms with van der Waals surface area (Å²) in [6.45, 7) is 6.39. The van der Waals surface area contributed by atoms with Crippen LogP contribution in [-0.4, -0.2) is 10.4 Å². The normalized spacial score (nSPS) is 13.4. The monoisotopic (exact) mass is 217 g/mol. The van der Waals surface area contributed by atoms with Crippen LogP contribution in [0, 0.1) is 0 Å². The number of hydrogen-bond donors (Lipinski definition) is 1. The van der Waals surface area contributed by atoms with Crippen LogP contribution in [0.5, 0.6) is 0 Å². The maximum Gasteiger partial charge on any atom is 0.185 e. The van der Waals surface area contributed by atoms with E-state index in [0.717, 1.165) is 4.88 Å². The standard InChI is InChI=1S/C9H12ClNOS/c1-9(2,3)7-5-4-6(13-7)8(10)11-12/h4-5,12H,1-3H3/b11-8-. The Labute approximate surface area is 86.8 Å². The van der Waals surface area contributed by atoms with Gasteiger partial charge in [-0.05, 0) is 17.5 Å². The van der Waals surface area contributed by atoms with Crippen molar-refractivity contribution >= 4 is 28.1 Å². The van der Waals surface area contributed by atoms with Crippen molar-refractivity contribution in [3.63, 3.8) is 0 Å². The third-order valence-corrected chi connectivity index (χ3v) is 3.55. The molecule has 0 aliphatic rings. The second kappa shape index (κ2) is 3.68. The summed E-state index contributed by atoms with van der Waals surface area (Å²) in [5.74, 6) is 0. The van der Waals surface area contributed by atoms with Gasteiger partial charge in [0.1, 0.15) is 0 Å². The lowest BCUT2D eigenvalue weighted by molar-refractivity contribution is 0.321. The van der Waals surface area contributed by atoms with Crippen LogP contribution < -0.4 is 0 Å². The van der Waals surface area contributed by atoms with Crippen LogP contribution in [0.25, 0.3) is 0 Å². The molecule has 1 N–H and O–H groups in total. The van der Waals surface area contributed by atoms with E-state index >= 15 is 0 Å². The van der Waals surface area contributed by atoms with Gasteiger partial charge in [-0.25, -0.2) is 0 Å². The lowest BCUT2D eigenvalue weighted by Gasteiger charge is -2.15. The first-order valence-corrected chi connectivity index (χ1v) is 5.13. The second-order valence-electron chi connectivity index (χ2n) is 3.80. The SMILES string of the molecule is CC(C)(C)c1ccc(/C(Cl)=N/O)s1. The van der Waals surface area contributed by atoms with E-state index < -0.39 is 0 Å². The Kier molecular flexibility index (Phi) is 2.98. The molecule has 1 rings (SSSR count). The lowest BCUT2D eigenvalue weighted by atomic mass is 9.95. The van der Waals surface area contributed by atoms with Crippen molar-refractivity contribution in [1.29, 1.82) is 0 Å². The number of hydrogen-bond acceptors (Lipinski definition) is 3. The summed E-state index contributed by atoms with van der Waals surface area (Å²) in [6, 6.07) is 3.88. The summed E-state index contributed by atoms with van der Waals surface area (Å²) in [4.78, 5) is 2.03. The Morgan fingerprint density at radius 1 is 1.46 bits per heavy atom. The zero-order chi connectivity index (χ0) is 10.1. The highest BCUT2D eigenvalue weighted by atomic mass is 35.5. The molecule has 72 valence electrons. The molecule has 0 unspecified atom stereocenters. The molecule has 1 aromatic rings. The van der Waals surface area contributed by atoms with E-state index in [1.165, 1.54) is 4.88 Å². The number of halogens is 1. The Balaban J connectivity index is 3.00. The molecule has 0 amide bonds. The summed E-state index contributed by atoms with van der Waals surface area (Å²) in [7, 11) is 0. The first-order valence-electron chi connectivity index (χ1n) is 3.93. The lowest BCUT2D eigenvalue weighted by Crippen LogP contribution is -2.07. The molecule has 0 radical (unpaired) electrons. The van der Waals surface area contributed by atoms with Gasteiger partial charge >= 0.3 is 0 Å². The molecule has 0 bridgehead atoms. The topological polar surface area (TPSA) is 32.6 Å². The number of rotatable bonds is 1. The van der Waals surface area contributed by atoms with E-state index in [-0.39, 0.29) is 10.6 Å². The quantitative estimate of drug-likeness (QED) is 0.437. The summed E-state index contributed by atoms with van der Waals surface area (Å²) in [6.07, 6.45) is 0. The number of nitrogens with zero attached hydrogens (tertiary/aromatic N) is 1. The van der Waals surface area contributed by atoms with Crippen molar-refractivity contribution in [3.05, 3.63) is 21.9 Å². The molecule has 0 saturated carbocycles. The van der Waals surface area contributed by atoms with E-state index in [4.69, 9.17) is 16.8 Å². The minimum atomic E-state index is 0.121. The molecule has 13 heavy (non-hydrogen) atoms. The van der Waals surface area contributed by atoms with Gasteiger partial charge in [0.15, 0.2) is 5.17 Å². The van der Waals surface area contributed by atoms with Crippen LogP contribution >= 0.6 is 22.9 Å². The summed E-state index contributed by atoms with van der Waals surface area (Å²) >= 11 is 7.21. The first kappa shape index (κ1) is 10.5. The molecule has 0 fully saturated rings. The highest BCUT2D eigenvalue weighted by molar-refractivity contribution is 7.16. The van der Waals surface area contributed by atoms with Gasteiger partial charge in [-0.2, -0.15) is 0 Å². The third kappa shape index (κ3) is 2.45. The Hall–Kier alpha value is -0.540. The molecule has 0 spiro atoms. The Morgan fingerprint density at radius 3 is 2.46 bits per heavy atom. The van der Waals surface area contributed by atoms with Gasteiger partial charge in [0.25, 0.3) is 0 Å². The zero-order valence-corrected chi connectivity index (χ0v) is 9.41. The van der Waals surface area contributed by atoms with Crippen LogP contribution in [0.4, 0.5) is 0 Å². The fourth-order valence-corrected chi connectivity index (χ4v) is 2.02. The van der Waals surface area contributed by atoms with Gasteiger partial charge in [0, 0.05) is 4.88 Å². The Bertz CT molecular complexity index is 325. The van der Waals surface area contributed by atoms with Crippen molar-refractivity contribution in [2.45, 2.75) is 26.2 Å². The maximum absolute atomic E-state index is 8.46. The van der Waals surface area contributed by atoms with Crippen molar-refractivity contribution in [2.75, 3.05) is 0 Å². The summed E-state index contributed by atoms with van der Waals surface area (Å²) < 4.78 is 0. The Morgan fingerprint density at radius 2 is 2.08 bits per heavy atom. The molecule has 0 aliphatic heterocycles. The molecule has 2 nitrogen and oxygen atoms in total. The fourth-order valence-electron chi connectivity index (χ4n) is 0.901. The highest BCUT2D eigenvalue weighted by Gasteiger charge is 2.17. The van der Waals surface area contributed by atoms with Gasteiger partial charge in [0.05, 0.1) is 4.88 Å². The van der Waals surface area contributed by atoms with E-state index in [9.17, 15) is 0 Å². The van der Waals surface area contributed by atoms with Crippen LogP contribution in [0.3, 0.4) is 0 Å². The van der Waals surface area contributed by atoms with E-state index in [1.807, 2.05) is 12.1 Å². The molecular formula is C9H12ClNOS. The molecule has 0 aromatic carbocycles. The molecule has 1 heterocycles. The first-order chi connectivity index (χ1) is 5.95. The third-order valence-electron chi connectivity index (χ3n) is 1.64. The fraction of sp³-hybridized carbons (Fsp3) is 0.444. The van der Waals surface area contributed by atoms with E-state index in [0.29, 0.717) is 0 Å². The van der Waals surface area contributed by atoms with Gasteiger partial charge < -0.3 is 5.21 Å². The molecular weight excluding hydrogens is 206 g/mol. The zero-order valence-electron chi connectivity index (χ0n) is 7.84. The smallest absolute Gasteiger partial charge is 0.185 e. The predicted octanol–water partition coefficient (Wildman–Crippen LogP) is 3.42. The van der Waals surface area contributed by atoms with Gasteiger partial charge in [-0.3, -0.25) is 0 Å². The molecule has 4 heteroatoms. The van der Waals surface area contributed by atoms with Crippen LogP contribution in [-0.2, 0) is 5.41 Å². The number of oxime groups is 1. The molecule has 0 saturated heterocycles. The van der Waals surface area contributed by atoms with Gasteiger partial charge in [-0.15, -0.1) is 11.3 Å². The maximum atomic E-state index is 8.46. The second-order valence-corrected chi connectivity index (χ2v) is 5.25. The summed E-state index contributed by atoms with van der Waals surface area (Å²) in [5, 5.41) is 11.6. The molecule has 0 atom stereocenters. The van der Waals surface area contributed by atoms with Crippen molar-refractivity contribution < 1.29 is 5.21 Å². The van der Waals surface area contributed by atoms with E-state index in [2.05, 4.69) is 25.9 Å². The van der Waals surface area contributed by atoms with Crippen LogP contribution in [0.1, 0.15) is 30.5 Å². The molecule has 1 aromatic heterocycles. The summed E-state index contributed by atoms with van der Waals surface area (Å²) in [5.41, 5.74) is 0.121. The van der Waals surface area contributed by atoms with Gasteiger partial charge in [-0.1, -0.05) is 37.5 Å². The van der Waals surface area contributed by atoms with Crippen molar-refractivity contribution in [1.82, 2.24) is 0 Å². The minimum Gasteiger partial charge on any atom is -0.410 e. The average Bonchev–Trinajstić information content (AvgIpc) is 2.50. The number of thiophene rings is 1.